The summed E-state index contributed by atoms with van der Waals surface area (Å²) in [4.78, 5) is 4.36. The third-order valence-corrected chi connectivity index (χ3v) is 4.11. The van der Waals surface area contributed by atoms with Crippen LogP contribution in [0.3, 0.4) is 0 Å². The Morgan fingerprint density at radius 1 is 1.20 bits per heavy atom. The van der Waals surface area contributed by atoms with Crippen LogP contribution in [0.5, 0.6) is 0 Å². The largest absolute Gasteiger partial charge is 0.377 e. The SMILES string of the molecule is CCOCc1ccccc1CNc1nccc(C)c1Br. The van der Waals surface area contributed by atoms with Gasteiger partial charge < -0.3 is 10.1 Å². The molecule has 0 aliphatic rings. The fourth-order valence-electron chi connectivity index (χ4n) is 1.93. The van der Waals surface area contributed by atoms with E-state index < -0.39 is 0 Å². The molecule has 0 bridgehead atoms. The number of ether oxygens (including phenoxy) is 1. The van der Waals surface area contributed by atoms with Gasteiger partial charge in [0.1, 0.15) is 5.82 Å². The lowest BCUT2D eigenvalue weighted by molar-refractivity contribution is 0.133. The fraction of sp³-hybridized carbons (Fsp3) is 0.312. The Kier molecular flexibility index (Phi) is 5.56. The molecule has 1 heterocycles. The lowest BCUT2D eigenvalue weighted by Crippen LogP contribution is -2.06. The second-order valence-electron chi connectivity index (χ2n) is 4.55. The van der Waals surface area contributed by atoms with Crippen molar-refractivity contribution in [3.8, 4) is 0 Å². The lowest BCUT2D eigenvalue weighted by Gasteiger charge is -2.12. The highest BCUT2D eigenvalue weighted by Crippen LogP contribution is 2.24. The maximum Gasteiger partial charge on any atom is 0.140 e. The van der Waals surface area contributed by atoms with Crippen LogP contribution in [-0.4, -0.2) is 11.6 Å². The number of nitrogens with zero attached hydrogens (tertiary/aromatic N) is 1. The van der Waals surface area contributed by atoms with E-state index >= 15 is 0 Å². The first-order valence-electron chi connectivity index (χ1n) is 6.72. The van der Waals surface area contributed by atoms with E-state index in [2.05, 4.69) is 45.3 Å². The summed E-state index contributed by atoms with van der Waals surface area (Å²) in [6.45, 7) is 6.18. The molecule has 0 radical (unpaired) electrons. The zero-order valence-corrected chi connectivity index (χ0v) is 13.4. The number of halogens is 1. The average Bonchev–Trinajstić information content (AvgIpc) is 2.47. The summed E-state index contributed by atoms with van der Waals surface area (Å²) in [6.07, 6.45) is 1.81. The van der Waals surface area contributed by atoms with Crippen molar-refractivity contribution in [3.05, 3.63) is 57.7 Å². The number of aromatic nitrogens is 1. The molecule has 1 aromatic carbocycles. The number of rotatable bonds is 6. The zero-order chi connectivity index (χ0) is 14.4. The average molecular weight is 335 g/mol. The Morgan fingerprint density at radius 3 is 2.70 bits per heavy atom. The summed E-state index contributed by atoms with van der Waals surface area (Å²) < 4.78 is 6.52. The highest BCUT2D eigenvalue weighted by Gasteiger charge is 2.06. The molecule has 1 aromatic heterocycles. The molecular formula is C16H19BrN2O. The maximum absolute atomic E-state index is 5.50. The number of hydrogen-bond acceptors (Lipinski definition) is 3. The number of hydrogen-bond donors (Lipinski definition) is 1. The van der Waals surface area contributed by atoms with Crippen molar-refractivity contribution >= 4 is 21.7 Å². The normalized spacial score (nSPS) is 10.6. The smallest absolute Gasteiger partial charge is 0.140 e. The van der Waals surface area contributed by atoms with Crippen molar-refractivity contribution in [1.29, 1.82) is 0 Å². The molecule has 0 atom stereocenters. The van der Waals surface area contributed by atoms with Crippen molar-refractivity contribution in [1.82, 2.24) is 4.98 Å². The van der Waals surface area contributed by atoms with Gasteiger partial charge in [-0.05, 0) is 52.5 Å². The molecule has 0 unspecified atom stereocenters. The van der Waals surface area contributed by atoms with Crippen LogP contribution in [0.15, 0.2) is 41.0 Å². The van der Waals surface area contributed by atoms with Gasteiger partial charge in [0.05, 0.1) is 11.1 Å². The molecule has 4 heteroatoms. The minimum Gasteiger partial charge on any atom is -0.377 e. The highest BCUT2D eigenvalue weighted by molar-refractivity contribution is 9.10. The maximum atomic E-state index is 5.50. The van der Waals surface area contributed by atoms with Crippen LogP contribution in [0, 0.1) is 6.92 Å². The molecule has 1 N–H and O–H groups in total. The first-order valence-corrected chi connectivity index (χ1v) is 7.51. The van der Waals surface area contributed by atoms with E-state index in [-0.39, 0.29) is 0 Å². The van der Waals surface area contributed by atoms with Crippen LogP contribution < -0.4 is 5.32 Å². The summed E-state index contributed by atoms with van der Waals surface area (Å²) in [5, 5.41) is 3.37. The van der Waals surface area contributed by atoms with Crippen LogP contribution in [0.1, 0.15) is 23.6 Å². The molecular weight excluding hydrogens is 316 g/mol. The Hall–Kier alpha value is -1.39. The summed E-state index contributed by atoms with van der Waals surface area (Å²) in [7, 11) is 0. The Morgan fingerprint density at radius 2 is 1.95 bits per heavy atom. The van der Waals surface area contributed by atoms with Crippen molar-refractivity contribution in [2.45, 2.75) is 27.0 Å². The molecule has 2 rings (SSSR count). The Bertz CT molecular complexity index is 572. The number of nitrogens with one attached hydrogen (secondary N) is 1. The second kappa shape index (κ2) is 7.41. The minimum absolute atomic E-state index is 0.650. The van der Waals surface area contributed by atoms with Gasteiger partial charge in [-0.25, -0.2) is 4.98 Å². The summed E-state index contributed by atoms with van der Waals surface area (Å²) >= 11 is 3.56. The van der Waals surface area contributed by atoms with E-state index in [4.69, 9.17) is 4.74 Å². The van der Waals surface area contributed by atoms with Crippen molar-refractivity contribution in [2.24, 2.45) is 0 Å². The zero-order valence-electron chi connectivity index (χ0n) is 11.8. The van der Waals surface area contributed by atoms with Gasteiger partial charge in [0, 0.05) is 19.3 Å². The van der Waals surface area contributed by atoms with Gasteiger partial charge in [-0.15, -0.1) is 0 Å². The first-order chi connectivity index (χ1) is 9.72. The van der Waals surface area contributed by atoms with Gasteiger partial charge in [-0.2, -0.15) is 0 Å². The van der Waals surface area contributed by atoms with Gasteiger partial charge in [0.15, 0.2) is 0 Å². The minimum atomic E-state index is 0.650. The fourth-order valence-corrected chi connectivity index (χ4v) is 2.30. The lowest BCUT2D eigenvalue weighted by atomic mass is 10.1. The molecule has 20 heavy (non-hydrogen) atoms. The Labute approximate surface area is 128 Å². The molecule has 2 aromatic rings. The van der Waals surface area contributed by atoms with Gasteiger partial charge in [-0.1, -0.05) is 24.3 Å². The van der Waals surface area contributed by atoms with E-state index in [0.717, 1.165) is 23.4 Å². The van der Waals surface area contributed by atoms with Gasteiger partial charge >= 0.3 is 0 Å². The molecule has 0 aliphatic carbocycles. The van der Waals surface area contributed by atoms with Crippen molar-refractivity contribution < 1.29 is 4.74 Å². The molecule has 0 aliphatic heterocycles. The summed E-state index contributed by atoms with van der Waals surface area (Å²) in [5.41, 5.74) is 3.62. The van der Waals surface area contributed by atoms with Crippen LogP contribution in [0.25, 0.3) is 0 Å². The molecule has 0 saturated heterocycles. The van der Waals surface area contributed by atoms with Gasteiger partial charge in [-0.3, -0.25) is 0 Å². The van der Waals surface area contributed by atoms with E-state index in [9.17, 15) is 0 Å². The molecule has 0 spiro atoms. The standard InChI is InChI=1S/C16H19BrN2O/c1-3-20-11-14-7-5-4-6-13(14)10-19-16-15(17)12(2)8-9-18-16/h4-9H,3,10-11H2,1-2H3,(H,18,19). The topological polar surface area (TPSA) is 34.1 Å². The predicted octanol–water partition coefficient (Wildman–Crippen LogP) is 4.30. The summed E-state index contributed by atoms with van der Waals surface area (Å²) in [5.74, 6) is 0.871. The number of anilines is 1. The molecule has 0 saturated carbocycles. The molecule has 106 valence electrons. The molecule has 0 fully saturated rings. The number of aryl methyl sites for hydroxylation is 1. The monoisotopic (exact) mass is 334 g/mol. The van der Waals surface area contributed by atoms with E-state index in [1.54, 1.807) is 0 Å². The first kappa shape index (κ1) is 15.0. The quantitative estimate of drug-likeness (QED) is 0.855. The highest BCUT2D eigenvalue weighted by atomic mass is 79.9. The predicted molar refractivity (Wildman–Crippen MR) is 85.8 cm³/mol. The van der Waals surface area contributed by atoms with Crippen LogP contribution in [0.2, 0.25) is 0 Å². The van der Waals surface area contributed by atoms with Gasteiger partial charge in [0.2, 0.25) is 0 Å². The second-order valence-corrected chi connectivity index (χ2v) is 5.34. The third kappa shape index (κ3) is 3.81. The summed E-state index contributed by atoms with van der Waals surface area (Å²) in [6, 6.07) is 10.3. The van der Waals surface area contributed by atoms with Crippen LogP contribution >= 0.6 is 15.9 Å². The van der Waals surface area contributed by atoms with Crippen LogP contribution in [-0.2, 0) is 17.9 Å². The molecule has 3 nitrogen and oxygen atoms in total. The van der Waals surface area contributed by atoms with Crippen molar-refractivity contribution in [3.63, 3.8) is 0 Å². The van der Waals surface area contributed by atoms with E-state index in [1.807, 2.05) is 31.3 Å². The third-order valence-electron chi connectivity index (χ3n) is 3.11. The number of pyridine rings is 1. The van der Waals surface area contributed by atoms with Gasteiger partial charge in [0.25, 0.3) is 0 Å². The number of benzene rings is 1. The van der Waals surface area contributed by atoms with E-state index in [1.165, 1.54) is 16.7 Å². The molecule has 0 amide bonds. The van der Waals surface area contributed by atoms with E-state index in [0.29, 0.717) is 6.61 Å². The van der Waals surface area contributed by atoms with Crippen molar-refractivity contribution in [2.75, 3.05) is 11.9 Å². The van der Waals surface area contributed by atoms with Crippen LogP contribution in [0.4, 0.5) is 5.82 Å². The Balaban J connectivity index is 2.09.